The third-order valence-electron chi connectivity index (χ3n) is 17.1. The van der Waals surface area contributed by atoms with Gasteiger partial charge in [-0.3, -0.25) is 0 Å². The van der Waals surface area contributed by atoms with Crippen molar-refractivity contribution < 1.29 is 0 Å². The Balaban J connectivity index is 1.08. The molecule has 16 rings (SSSR count). The van der Waals surface area contributed by atoms with Crippen molar-refractivity contribution in [3.8, 4) is 44.5 Å². The zero-order valence-corrected chi connectivity index (χ0v) is 41.1. The van der Waals surface area contributed by atoms with Crippen LogP contribution in [0.15, 0.2) is 285 Å². The van der Waals surface area contributed by atoms with Crippen LogP contribution in [0.4, 0.5) is 17.1 Å². The van der Waals surface area contributed by atoms with E-state index in [0.717, 1.165) is 17.1 Å². The Bertz CT molecular complexity index is 4350. The summed E-state index contributed by atoms with van der Waals surface area (Å²) in [4.78, 5) is 2.64. The number of fused-ring (bicyclic) bond motifs is 19. The molecule has 0 saturated heterocycles. The third kappa shape index (κ3) is 5.62. The summed E-state index contributed by atoms with van der Waals surface area (Å²) in [6.45, 7) is 0. The van der Waals surface area contributed by atoms with Gasteiger partial charge in [-0.05, 0) is 141 Å². The van der Waals surface area contributed by atoms with Crippen molar-refractivity contribution >= 4 is 49.4 Å². The molecule has 1 spiro atoms. The van der Waals surface area contributed by atoms with Crippen molar-refractivity contribution in [2.45, 2.75) is 10.8 Å². The SMILES string of the molecule is c1ccc(-c2cc3c(cc2N(c2ccc4c5ccccc5c5ccccc5c4c2)c2cccc4c2-c2ccccc2C4(c2ccccc2)c2ccccc2)C2(c4ccccc4-c4ccccc42)c2ccccc2-3)cc1. The Morgan fingerprint density at radius 3 is 1.21 bits per heavy atom. The van der Waals surface area contributed by atoms with E-state index in [1.165, 1.54) is 121 Å². The standard InChI is InChI=1S/C74H47N/c1-4-23-48(24-5-1)61-46-63-59-35-16-20-39-66(59)74(64-37-18-14-33-57(64)58-34-15-19-38-65(58)74)69(63)47-71(61)75(51-43-44-56-54-31-11-10-29-52(54)53-30-12-13-32-55(53)62(56)45-51)70-42-22-41-68-72(70)60-36-17-21-40-67(60)73(68,49-25-6-2-7-26-49)50-27-8-3-9-28-50/h1-47H. The highest BCUT2D eigenvalue weighted by atomic mass is 15.1. The number of anilines is 3. The van der Waals surface area contributed by atoms with E-state index in [9.17, 15) is 0 Å². The summed E-state index contributed by atoms with van der Waals surface area (Å²) in [5.41, 5.74) is 22.5. The summed E-state index contributed by atoms with van der Waals surface area (Å²) in [6, 6.07) is 108. The van der Waals surface area contributed by atoms with Crippen LogP contribution in [-0.2, 0) is 10.8 Å². The number of hydrogen-bond acceptors (Lipinski definition) is 1. The molecule has 0 radical (unpaired) electrons. The quantitative estimate of drug-likeness (QED) is 0.150. The highest BCUT2D eigenvalue weighted by Gasteiger charge is 2.53. The van der Waals surface area contributed by atoms with Crippen LogP contribution in [0.3, 0.4) is 0 Å². The molecule has 0 aromatic heterocycles. The number of nitrogens with zero attached hydrogens (tertiary/aromatic N) is 1. The third-order valence-corrected chi connectivity index (χ3v) is 17.1. The molecule has 1 heteroatoms. The first-order valence-electron chi connectivity index (χ1n) is 26.3. The van der Waals surface area contributed by atoms with E-state index in [4.69, 9.17) is 0 Å². The Labute approximate surface area is 436 Å². The Morgan fingerprint density at radius 1 is 0.227 bits per heavy atom. The fraction of sp³-hybridized carbons (Fsp3) is 0.0270. The van der Waals surface area contributed by atoms with Gasteiger partial charge >= 0.3 is 0 Å². The predicted molar refractivity (Wildman–Crippen MR) is 313 cm³/mol. The van der Waals surface area contributed by atoms with Crippen LogP contribution >= 0.6 is 0 Å². The normalized spacial score (nSPS) is 13.8. The summed E-state index contributed by atoms with van der Waals surface area (Å²) in [6.07, 6.45) is 0. The summed E-state index contributed by atoms with van der Waals surface area (Å²) < 4.78 is 0. The minimum Gasteiger partial charge on any atom is -0.309 e. The maximum absolute atomic E-state index is 2.64. The van der Waals surface area contributed by atoms with Crippen molar-refractivity contribution in [3.63, 3.8) is 0 Å². The Kier molecular flexibility index (Phi) is 8.94. The van der Waals surface area contributed by atoms with Crippen LogP contribution in [0.1, 0.15) is 44.5 Å². The zero-order valence-electron chi connectivity index (χ0n) is 41.1. The van der Waals surface area contributed by atoms with Gasteiger partial charge in [-0.1, -0.05) is 255 Å². The van der Waals surface area contributed by atoms with Gasteiger partial charge in [-0.2, -0.15) is 0 Å². The fourth-order valence-corrected chi connectivity index (χ4v) is 14.3. The highest BCUT2D eigenvalue weighted by Crippen LogP contribution is 2.65. The van der Waals surface area contributed by atoms with E-state index in [2.05, 4.69) is 290 Å². The van der Waals surface area contributed by atoms with Gasteiger partial charge in [0.2, 0.25) is 0 Å². The lowest BCUT2D eigenvalue weighted by molar-refractivity contribution is 0.768. The Hall–Kier alpha value is -9.56. The summed E-state index contributed by atoms with van der Waals surface area (Å²) in [5.74, 6) is 0. The minimum absolute atomic E-state index is 0.547. The van der Waals surface area contributed by atoms with Crippen LogP contribution < -0.4 is 4.90 Å². The van der Waals surface area contributed by atoms with E-state index >= 15 is 0 Å². The van der Waals surface area contributed by atoms with Gasteiger partial charge in [0, 0.05) is 16.8 Å². The van der Waals surface area contributed by atoms with Gasteiger partial charge in [-0.25, -0.2) is 0 Å². The lowest BCUT2D eigenvalue weighted by atomic mass is 9.68. The van der Waals surface area contributed by atoms with E-state index < -0.39 is 10.8 Å². The molecule has 0 unspecified atom stereocenters. The smallest absolute Gasteiger partial charge is 0.0726 e. The second-order valence-corrected chi connectivity index (χ2v) is 20.6. The van der Waals surface area contributed by atoms with Crippen LogP contribution in [0, 0.1) is 0 Å². The lowest BCUT2D eigenvalue weighted by Crippen LogP contribution is -2.28. The average molecular weight is 950 g/mol. The molecule has 0 N–H and O–H groups in total. The number of rotatable bonds is 6. The summed E-state index contributed by atoms with van der Waals surface area (Å²) in [7, 11) is 0. The molecule has 13 aromatic carbocycles. The molecule has 0 bridgehead atoms. The first kappa shape index (κ1) is 42.0. The van der Waals surface area contributed by atoms with E-state index in [0.29, 0.717) is 0 Å². The predicted octanol–water partition coefficient (Wildman–Crippen LogP) is 19.0. The van der Waals surface area contributed by atoms with Crippen molar-refractivity contribution in [2.75, 3.05) is 4.90 Å². The van der Waals surface area contributed by atoms with E-state index in [-0.39, 0.29) is 0 Å². The van der Waals surface area contributed by atoms with Crippen LogP contribution in [0.25, 0.3) is 76.8 Å². The molecule has 0 amide bonds. The molecule has 0 fully saturated rings. The highest BCUT2D eigenvalue weighted by molar-refractivity contribution is 6.26. The molecule has 0 heterocycles. The maximum Gasteiger partial charge on any atom is 0.0726 e. The second-order valence-electron chi connectivity index (χ2n) is 20.6. The molecule has 0 aliphatic heterocycles. The average Bonchev–Trinajstić information content (AvgIpc) is 4.09. The molecule has 0 atom stereocenters. The monoisotopic (exact) mass is 949 g/mol. The van der Waals surface area contributed by atoms with Gasteiger partial charge in [0.15, 0.2) is 0 Å². The number of benzene rings is 13. The second kappa shape index (κ2) is 16.0. The van der Waals surface area contributed by atoms with E-state index in [1.54, 1.807) is 0 Å². The molecular formula is C74H47N. The molecule has 3 aliphatic rings. The molecule has 0 saturated carbocycles. The molecule has 75 heavy (non-hydrogen) atoms. The summed E-state index contributed by atoms with van der Waals surface area (Å²) in [5, 5.41) is 7.51. The summed E-state index contributed by atoms with van der Waals surface area (Å²) >= 11 is 0. The van der Waals surface area contributed by atoms with Gasteiger partial charge in [0.05, 0.1) is 22.2 Å². The van der Waals surface area contributed by atoms with Gasteiger partial charge in [0.25, 0.3) is 0 Å². The van der Waals surface area contributed by atoms with Crippen molar-refractivity contribution in [1.82, 2.24) is 0 Å². The molecule has 3 aliphatic carbocycles. The van der Waals surface area contributed by atoms with Crippen LogP contribution in [0.2, 0.25) is 0 Å². The largest absolute Gasteiger partial charge is 0.309 e. The molecular weight excluding hydrogens is 903 g/mol. The van der Waals surface area contributed by atoms with Crippen molar-refractivity contribution in [1.29, 1.82) is 0 Å². The van der Waals surface area contributed by atoms with Crippen molar-refractivity contribution in [3.05, 3.63) is 330 Å². The first-order valence-corrected chi connectivity index (χ1v) is 26.3. The minimum atomic E-state index is -0.586. The first-order chi connectivity index (χ1) is 37.2. The van der Waals surface area contributed by atoms with Crippen molar-refractivity contribution in [2.24, 2.45) is 0 Å². The topological polar surface area (TPSA) is 3.24 Å². The zero-order chi connectivity index (χ0) is 49.2. The van der Waals surface area contributed by atoms with Crippen LogP contribution in [0.5, 0.6) is 0 Å². The van der Waals surface area contributed by atoms with Crippen LogP contribution in [-0.4, -0.2) is 0 Å². The van der Waals surface area contributed by atoms with Gasteiger partial charge < -0.3 is 4.90 Å². The lowest BCUT2D eigenvalue weighted by Gasteiger charge is -2.35. The van der Waals surface area contributed by atoms with Gasteiger partial charge in [0.1, 0.15) is 0 Å². The Morgan fingerprint density at radius 2 is 0.653 bits per heavy atom. The molecule has 1 nitrogen and oxygen atoms in total. The van der Waals surface area contributed by atoms with Gasteiger partial charge in [-0.15, -0.1) is 0 Å². The molecule has 348 valence electrons. The maximum atomic E-state index is 2.64. The molecule has 13 aromatic rings. The number of hydrogen-bond donors (Lipinski definition) is 0. The van der Waals surface area contributed by atoms with E-state index in [1.807, 2.05) is 0 Å². The fourth-order valence-electron chi connectivity index (χ4n) is 14.3.